The van der Waals surface area contributed by atoms with Crippen molar-refractivity contribution in [3.8, 4) is 0 Å². The van der Waals surface area contributed by atoms with Gasteiger partial charge in [0.2, 0.25) is 5.91 Å². The molecule has 0 aromatic heterocycles. The highest BCUT2D eigenvalue weighted by Crippen LogP contribution is 2.27. The molecule has 0 spiro atoms. The molecular formula is C15H20N2O2S. The van der Waals surface area contributed by atoms with Crippen LogP contribution < -0.4 is 10.6 Å². The van der Waals surface area contributed by atoms with Crippen LogP contribution in [0.4, 0.5) is 4.79 Å². The number of carbonyl (C=O) groups is 2. The van der Waals surface area contributed by atoms with E-state index in [2.05, 4.69) is 28.8 Å². The Balaban J connectivity index is 1.80. The number of hydrogen-bond donors (Lipinski definition) is 2. The van der Waals surface area contributed by atoms with E-state index in [0.29, 0.717) is 0 Å². The van der Waals surface area contributed by atoms with Gasteiger partial charge in [-0.25, -0.2) is 4.79 Å². The largest absolute Gasteiger partial charge is 0.336 e. The zero-order chi connectivity index (χ0) is 14.5. The van der Waals surface area contributed by atoms with Gasteiger partial charge in [-0.15, -0.1) is 11.8 Å². The van der Waals surface area contributed by atoms with Crippen molar-refractivity contribution in [3.63, 3.8) is 0 Å². The van der Waals surface area contributed by atoms with Crippen LogP contribution in [0, 0.1) is 0 Å². The minimum atomic E-state index is -0.431. The third-order valence-electron chi connectivity index (χ3n) is 3.11. The molecule has 2 N–H and O–H groups in total. The van der Waals surface area contributed by atoms with E-state index >= 15 is 0 Å². The van der Waals surface area contributed by atoms with Gasteiger partial charge in [0.1, 0.15) is 0 Å². The van der Waals surface area contributed by atoms with Crippen LogP contribution in [0.15, 0.2) is 23.1 Å². The Kier molecular flexibility index (Phi) is 5.06. The summed E-state index contributed by atoms with van der Waals surface area (Å²) in [5.74, 6) is -0.0155. The second-order valence-electron chi connectivity index (χ2n) is 5.25. The van der Waals surface area contributed by atoms with E-state index in [4.69, 9.17) is 0 Å². The number of nitrogens with one attached hydrogen (secondary N) is 2. The number of benzene rings is 1. The van der Waals surface area contributed by atoms with Gasteiger partial charge in [-0.1, -0.05) is 6.07 Å². The number of thioether (sulfide) groups is 1. The number of hydrogen-bond acceptors (Lipinski definition) is 3. The summed E-state index contributed by atoms with van der Waals surface area (Å²) in [4.78, 5) is 24.1. The standard InChI is InChI=1S/C15H20N2O2S/c1-10(2)16-15(19)17-14(18)9-20-13-7-6-11-4-3-5-12(11)8-13/h6-8,10H,3-5,9H2,1-2H3,(H2,16,17,18,19). The molecule has 3 amide bonds. The first kappa shape index (κ1) is 14.9. The molecule has 0 radical (unpaired) electrons. The van der Waals surface area contributed by atoms with E-state index in [1.807, 2.05) is 13.8 Å². The van der Waals surface area contributed by atoms with E-state index in [9.17, 15) is 9.59 Å². The van der Waals surface area contributed by atoms with Gasteiger partial charge in [0.15, 0.2) is 0 Å². The van der Waals surface area contributed by atoms with E-state index in [1.54, 1.807) is 0 Å². The maximum atomic E-state index is 11.6. The first-order valence-corrected chi connectivity index (χ1v) is 7.88. The van der Waals surface area contributed by atoms with Crippen molar-refractivity contribution in [1.29, 1.82) is 0 Å². The fourth-order valence-corrected chi connectivity index (χ4v) is 3.01. The zero-order valence-electron chi connectivity index (χ0n) is 11.9. The number of fused-ring (bicyclic) bond motifs is 1. The fourth-order valence-electron chi connectivity index (χ4n) is 2.25. The Morgan fingerprint density at radius 2 is 2.00 bits per heavy atom. The second-order valence-corrected chi connectivity index (χ2v) is 6.30. The van der Waals surface area contributed by atoms with Gasteiger partial charge in [-0.2, -0.15) is 0 Å². The van der Waals surface area contributed by atoms with Crippen molar-refractivity contribution in [2.75, 3.05) is 5.75 Å². The fraction of sp³-hybridized carbons (Fsp3) is 0.467. The maximum Gasteiger partial charge on any atom is 0.321 e. The van der Waals surface area contributed by atoms with Gasteiger partial charge in [0, 0.05) is 10.9 Å². The molecule has 1 aromatic carbocycles. The molecule has 1 aliphatic carbocycles. The predicted octanol–water partition coefficient (Wildman–Crippen LogP) is 2.50. The molecule has 1 aromatic rings. The molecule has 0 fully saturated rings. The summed E-state index contributed by atoms with van der Waals surface area (Å²) in [5, 5.41) is 4.95. The third kappa shape index (κ3) is 4.27. The van der Waals surface area contributed by atoms with Crippen LogP contribution >= 0.6 is 11.8 Å². The number of imide groups is 1. The van der Waals surface area contributed by atoms with Gasteiger partial charge in [0.05, 0.1) is 5.75 Å². The summed E-state index contributed by atoms with van der Waals surface area (Å²) in [5.41, 5.74) is 2.82. The lowest BCUT2D eigenvalue weighted by Gasteiger charge is -2.09. The van der Waals surface area contributed by atoms with E-state index in [0.717, 1.165) is 17.7 Å². The van der Waals surface area contributed by atoms with Gasteiger partial charge in [-0.05, 0) is 56.4 Å². The van der Waals surface area contributed by atoms with Crippen LogP contribution in [-0.2, 0) is 17.6 Å². The summed E-state index contributed by atoms with van der Waals surface area (Å²) < 4.78 is 0. The van der Waals surface area contributed by atoms with Crippen molar-refractivity contribution >= 4 is 23.7 Å². The second kappa shape index (κ2) is 6.79. The lowest BCUT2D eigenvalue weighted by atomic mass is 10.1. The van der Waals surface area contributed by atoms with Crippen LogP contribution in [-0.4, -0.2) is 23.7 Å². The molecule has 0 atom stereocenters. The highest BCUT2D eigenvalue weighted by molar-refractivity contribution is 8.00. The molecule has 0 saturated carbocycles. The molecule has 5 heteroatoms. The Hall–Kier alpha value is -1.49. The van der Waals surface area contributed by atoms with Crippen molar-refractivity contribution in [2.45, 2.75) is 44.0 Å². The van der Waals surface area contributed by atoms with E-state index in [-0.39, 0.29) is 17.7 Å². The summed E-state index contributed by atoms with van der Waals surface area (Å²) in [6.45, 7) is 3.70. The molecule has 20 heavy (non-hydrogen) atoms. The summed E-state index contributed by atoms with van der Waals surface area (Å²) in [7, 11) is 0. The topological polar surface area (TPSA) is 58.2 Å². The maximum absolute atomic E-state index is 11.6. The first-order valence-electron chi connectivity index (χ1n) is 6.89. The molecule has 0 saturated heterocycles. The summed E-state index contributed by atoms with van der Waals surface area (Å²) >= 11 is 1.46. The molecule has 0 bridgehead atoms. The molecular weight excluding hydrogens is 272 g/mol. The van der Waals surface area contributed by atoms with Gasteiger partial charge in [0.25, 0.3) is 0 Å². The smallest absolute Gasteiger partial charge is 0.321 e. The normalized spacial score (nSPS) is 13.2. The number of amides is 3. The Morgan fingerprint density at radius 3 is 2.75 bits per heavy atom. The van der Waals surface area contributed by atoms with Gasteiger partial charge < -0.3 is 5.32 Å². The monoisotopic (exact) mass is 292 g/mol. The third-order valence-corrected chi connectivity index (χ3v) is 4.11. The number of carbonyl (C=O) groups excluding carboxylic acids is 2. The van der Waals surface area contributed by atoms with Crippen molar-refractivity contribution in [3.05, 3.63) is 29.3 Å². The Bertz CT molecular complexity index is 515. The van der Waals surface area contributed by atoms with E-state index < -0.39 is 6.03 Å². The van der Waals surface area contributed by atoms with Gasteiger partial charge in [-0.3, -0.25) is 10.1 Å². The van der Waals surface area contributed by atoms with Crippen molar-refractivity contribution < 1.29 is 9.59 Å². The average Bonchev–Trinajstić information content (AvgIpc) is 2.82. The van der Waals surface area contributed by atoms with Crippen molar-refractivity contribution in [2.24, 2.45) is 0 Å². The number of aryl methyl sites for hydroxylation is 2. The molecule has 0 aliphatic heterocycles. The van der Waals surface area contributed by atoms with Gasteiger partial charge >= 0.3 is 6.03 Å². The number of rotatable bonds is 4. The van der Waals surface area contributed by atoms with Crippen LogP contribution in [0.25, 0.3) is 0 Å². The van der Waals surface area contributed by atoms with Crippen LogP contribution in [0.1, 0.15) is 31.4 Å². The molecule has 4 nitrogen and oxygen atoms in total. The van der Waals surface area contributed by atoms with E-state index in [1.165, 1.54) is 29.3 Å². The molecule has 1 aliphatic rings. The predicted molar refractivity (Wildman–Crippen MR) is 81.0 cm³/mol. The van der Waals surface area contributed by atoms with Crippen LogP contribution in [0.2, 0.25) is 0 Å². The highest BCUT2D eigenvalue weighted by Gasteiger charge is 2.12. The molecule has 108 valence electrons. The quantitative estimate of drug-likeness (QED) is 0.838. The zero-order valence-corrected chi connectivity index (χ0v) is 12.7. The van der Waals surface area contributed by atoms with Crippen LogP contribution in [0.5, 0.6) is 0 Å². The minimum absolute atomic E-state index is 0.0205. The average molecular weight is 292 g/mol. The summed E-state index contributed by atoms with van der Waals surface area (Å²) in [6.07, 6.45) is 3.52. The first-order chi connectivity index (χ1) is 9.54. The highest BCUT2D eigenvalue weighted by atomic mass is 32.2. The van der Waals surface area contributed by atoms with Crippen molar-refractivity contribution in [1.82, 2.24) is 10.6 Å². The summed E-state index contributed by atoms with van der Waals surface area (Å²) in [6, 6.07) is 5.95. The Morgan fingerprint density at radius 1 is 1.25 bits per heavy atom. The molecule has 2 rings (SSSR count). The number of urea groups is 1. The lowest BCUT2D eigenvalue weighted by Crippen LogP contribution is -2.43. The SMILES string of the molecule is CC(C)NC(=O)NC(=O)CSc1ccc2c(c1)CCC2. The molecule has 0 heterocycles. The lowest BCUT2D eigenvalue weighted by molar-refractivity contribution is -0.117. The Labute approximate surface area is 123 Å². The van der Waals surface area contributed by atoms with Crippen LogP contribution in [0.3, 0.4) is 0 Å². The molecule has 0 unspecified atom stereocenters. The minimum Gasteiger partial charge on any atom is -0.336 e.